The predicted molar refractivity (Wildman–Crippen MR) is 72.2 cm³/mol. The summed E-state index contributed by atoms with van der Waals surface area (Å²) in [4.78, 5) is 28.4. The first-order valence-corrected chi connectivity index (χ1v) is 6.62. The number of amides is 1. The highest BCUT2D eigenvalue weighted by Crippen LogP contribution is 2.18. The van der Waals surface area contributed by atoms with Crippen LogP contribution in [0.2, 0.25) is 0 Å². The minimum atomic E-state index is -1.49. The minimum Gasteiger partial charge on any atom is -0.467 e. The number of nitrogens with zero attached hydrogens (tertiary/aromatic N) is 1. The molecule has 1 aromatic carbocycles. The Morgan fingerprint density at radius 3 is 2.64 bits per heavy atom. The summed E-state index contributed by atoms with van der Waals surface area (Å²) >= 11 is 0. The standard InChI is InChI=1S/C14H17NO7/c1-20-13(18)12-11(17)10(16)7-15(22-12)14(19)21-8-9-5-3-2-4-6-9/h2-6,10-12,16-17H,7-8H2,1H3/t10-,11-,12+/m0/s1. The maximum Gasteiger partial charge on any atom is 0.434 e. The lowest BCUT2D eigenvalue weighted by Crippen LogP contribution is -2.58. The summed E-state index contributed by atoms with van der Waals surface area (Å²) in [6.45, 7) is -0.302. The average molecular weight is 311 g/mol. The van der Waals surface area contributed by atoms with E-state index in [0.29, 0.717) is 5.06 Å². The van der Waals surface area contributed by atoms with Crippen LogP contribution in [0.25, 0.3) is 0 Å². The highest BCUT2D eigenvalue weighted by atomic mass is 16.8. The molecule has 0 saturated carbocycles. The Balaban J connectivity index is 1.95. The van der Waals surface area contributed by atoms with E-state index < -0.39 is 30.4 Å². The summed E-state index contributed by atoms with van der Waals surface area (Å²) in [6.07, 6.45) is -5.19. The minimum absolute atomic E-state index is 0.0150. The first kappa shape index (κ1) is 16.2. The first-order chi connectivity index (χ1) is 10.5. The fourth-order valence-electron chi connectivity index (χ4n) is 1.93. The van der Waals surface area contributed by atoms with Crippen LogP contribution < -0.4 is 0 Å². The van der Waals surface area contributed by atoms with Gasteiger partial charge in [-0.25, -0.2) is 14.4 Å². The van der Waals surface area contributed by atoms with Crippen molar-refractivity contribution in [3.63, 3.8) is 0 Å². The third kappa shape index (κ3) is 3.73. The molecule has 1 heterocycles. The van der Waals surface area contributed by atoms with Crippen molar-refractivity contribution in [2.45, 2.75) is 24.9 Å². The van der Waals surface area contributed by atoms with Gasteiger partial charge in [-0.2, -0.15) is 5.06 Å². The van der Waals surface area contributed by atoms with Crippen molar-refractivity contribution in [1.29, 1.82) is 0 Å². The summed E-state index contributed by atoms with van der Waals surface area (Å²) in [6, 6.07) is 8.99. The van der Waals surface area contributed by atoms with Gasteiger partial charge in [0.25, 0.3) is 0 Å². The number of carbonyl (C=O) groups is 2. The summed E-state index contributed by atoms with van der Waals surface area (Å²) in [7, 11) is 1.11. The highest BCUT2D eigenvalue weighted by Gasteiger charge is 2.43. The smallest absolute Gasteiger partial charge is 0.434 e. The molecule has 0 aromatic heterocycles. The molecule has 0 radical (unpaired) electrons. The maximum atomic E-state index is 11.9. The van der Waals surface area contributed by atoms with E-state index in [1.807, 2.05) is 6.07 Å². The van der Waals surface area contributed by atoms with Gasteiger partial charge in [-0.3, -0.25) is 0 Å². The molecule has 1 saturated heterocycles. The first-order valence-electron chi connectivity index (χ1n) is 6.62. The topological polar surface area (TPSA) is 106 Å². The van der Waals surface area contributed by atoms with E-state index in [9.17, 15) is 19.8 Å². The Morgan fingerprint density at radius 2 is 2.00 bits per heavy atom. The van der Waals surface area contributed by atoms with Gasteiger partial charge in [0.1, 0.15) is 18.8 Å². The van der Waals surface area contributed by atoms with E-state index in [4.69, 9.17) is 9.57 Å². The number of carbonyl (C=O) groups excluding carboxylic acids is 2. The zero-order chi connectivity index (χ0) is 16.1. The van der Waals surface area contributed by atoms with Gasteiger partial charge in [0.2, 0.25) is 6.10 Å². The molecule has 1 aliphatic heterocycles. The van der Waals surface area contributed by atoms with Gasteiger partial charge in [0.05, 0.1) is 13.7 Å². The molecule has 2 rings (SSSR count). The number of β-amino-alcohol motifs (C(OH)–C–C–N with tert-alkyl or cyclic N) is 1. The fourth-order valence-corrected chi connectivity index (χ4v) is 1.93. The number of aliphatic hydroxyl groups excluding tert-OH is 2. The van der Waals surface area contributed by atoms with Crippen LogP contribution in [0.1, 0.15) is 5.56 Å². The molecule has 3 atom stereocenters. The van der Waals surface area contributed by atoms with Gasteiger partial charge in [-0.15, -0.1) is 0 Å². The van der Waals surface area contributed by atoms with Crippen LogP contribution in [0.3, 0.4) is 0 Å². The molecule has 0 unspecified atom stereocenters. The van der Waals surface area contributed by atoms with Crippen molar-refractivity contribution >= 4 is 12.1 Å². The highest BCUT2D eigenvalue weighted by molar-refractivity contribution is 5.76. The second kappa shape index (κ2) is 7.21. The molecule has 22 heavy (non-hydrogen) atoms. The lowest BCUT2D eigenvalue weighted by molar-refractivity contribution is -0.261. The van der Waals surface area contributed by atoms with E-state index >= 15 is 0 Å². The maximum absolute atomic E-state index is 11.9. The lowest BCUT2D eigenvalue weighted by Gasteiger charge is -2.36. The Kier molecular flexibility index (Phi) is 5.31. The Bertz CT molecular complexity index is 521. The van der Waals surface area contributed by atoms with Crippen LogP contribution in [0.15, 0.2) is 30.3 Å². The quantitative estimate of drug-likeness (QED) is 0.747. The van der Waals surface area contributed by atoms with Crippen LogP contribution in [0.4, 0.5) is 4.79 Å². The molecule has 1 aromatic rings. The van der Waals surface area contributed by atoms with Crippen molar-refractivity contribution in [1.82, 2.24) is 5.06 Å². The van der Waals surface area contributed by atoms with Crippen LogP contribution in [0.5, 0.6) is 0 Å². The second-order valence-corrected chi connectivity index (χ2v) is 4.71. The summed E-state index contributed by atoms with van der Waals surface area (Å²) in [5.74, 6) is -0.896. The SMILES string of the molecule is COC(=O)[C@@H]1ON(C(=O)OCc2ccccc2)C[C@H](O)[C@@H]1O. The largest absolute Gasteiger partial charge is 0.467 e. The average Bonchev–Trinajstić information content (AvgIpc) is 2.55. The van der Waals surface area contributed by atoms with Gasteiger partial charge in [0, 0.05) is 0 Å². The second-order valence-electron chi connectivity index (χ2n) is 4.71. The number of methoxy groups -OCH3 is 1. The molecule has 8 heteroatoms. The predicted octanol–water partition coefficient (Wildman–Crippen LogP) is -0.166. The van der Waals surface area contributed by atoms with E-state index in [-0.39, 0.29) is 13.2 Å². The molecule has 2 N–H and O–H groups in total. The van der Waals surface area contributed by atoms with Crippen molar-refractivity contribution in [3.8, 4) is 0 Å². The monoisotopic (exact) mass is 311 g/mol. The van der Waals surface area contributed by atoms with Gasteiger partial charge in [-0.1, -0.05) is 30.3 Å². The molecular weight excluding hydrogens is 294 g/mol. The Hall–Kier alpha value is -2.16. The zero-order valence-corrected chi connectivity index (χ0v) is 11.9. The van der Waals surface area contributed by atoms with Gasteiger partial charge >= 0.3 is 12.1 Å². The third-order valence-corrected chi connectivity index (χ3v) is 3.14. The molecule has 1 amide bonds. The molecule has 120 valence electrons. The van der Waals surface area contributed by atoms with Gasteiger partial charge in [0.15, 0.2) is 0 Å². The van der Waals surface area contributed by atoms with Crippen molar-refractivity contribution in [3.05, 3.63) is 35.9 Å². The molecular formula is C14H17NO7. The van der Waals surface area contributed by atoms with Crippen LogP contribution in [-0.4, -0.2) is 59.3 Å². The third-order valence-electron chi connectivity index (χ3n) is 3.14. The van der Waals surface area contributed by atoms with Crippen LogP contribution in [-0.2, 0) is 25.7 Å². The number of hydroxylamine groups is 2. The fraction of sp³-hybridized carbons (Fsp3) is 0.429. The summed E-state index contributed by atoms with van der Waals surface area (Å²) < 4.78 is 9.48. The molecule has 8 nitrogen and oxygen atoms in total. The van der Waals surface area contributed by atoms with E-state index in [1.54, 1.807) is 24.3 Å². The van der Waals surface area contributed by atoms with Crippen molar-refractivity contribution < 1.29 is 34.1 Å². The Labute approximate surface area is 126 Å². The molecule has 1 aliphatic rings. The number of benzene rings is 1. The molecule has 0 aliphatic carbocycles. The number of rotatable bonds is 3. The van der Waals surface area contributed by atoms with E-state index in [0.717, 1.165) is 12.7 Å². The molecule has 0 spiro atoms. The van der Waals surface area contributed by atoms with E-state index in [2.05, 4.69) is 4.74 Å². The number of esters is 1. The normalized spacial score (nSPS) is 24.7. The number of ether oxygens (including phenoxy) is 2. The number of hydrogen-bond acceptors (Lipinski definition) is 7. The van der Waals surface area contributed by atoms with Crippen LogP contribution in [0, 0.1) is 0 Å². The summed E-state index contributed by atoms with van der Waals surface area (Å²) in [5.41, 5.74) is 0.776. The van der Waals surface area contributed by atoms with Crippen molar-refractivity contribution in [2.75, 3.05) is 13.7 Å². The van der Waals surface area contributed by atoms with Gasteiger partial charge < -0.3 is 19.7 Å². The summed E-state index contributed by atoms with van der Waals surface area (Å²) in [5, 5.41) is 20.1. The number of aliphatic hydroxyl groups is 2. The molecule has 0 bridgehead atoms. The number of hydrogen-bond donors (Lipinski definition) is 2. The molecule has 1 fully saturated rings. The lowest BCUT2D eigenvalue weighted by atomic mass is 10.1. The van der Waals surface area contributed by atoms with Gasteiger partial charge in [-0.05, 0) is 5.56 Å². The van der Waals surface area contributed by atoms with Crippen molar-refractivity contribution in [2.24, 2.45) is 0 Å². The van der Waals surface area contributed by atoms with E-state index in [1.165, 1.54) is 0 Å². The van der Waals surface area contributed by atoms with Crippen LogP contribution >= 0.6 is 0 Å². The zero-order valence-electron chi connectivity index (χ0n) is 11.9. The Morgan fingerprint density at radius 1 is 1.32 bits per heavy atom.